The molecule has 12 heteroatoms. The second-order valence-electron chi connectivity index (χ2n) is 10.6. The number of morpholine rings is 1. The second-order valence-corrected chi connectivity index (χ2v) is 11.6. The molecular weight excluding hydrogens is 567 g/mol. The number of alkyl halides is 3. The number of fused-ring (bicyclic) bond motifs is 1. The average molecular weight is 594 g/mol. The normalized spacial score (nSPS) is 20.1. The zero-order valence-electron chi connectivity index (χ0n) is 22.4. The van der Waals surface area contributed by atoms with E-state index in [9.17, 15) is 18.0 Å². The van der Waals surface area contributed by atoms with Crippen LogP contribution in [0.25, 0.3) is 11.5 Å². The van der Waals surface area contributed by atoms with Crippen molar-refractivity contribution < 1.29 is 27.1 Å². The molecule has 0 bridgehead atoms. The quantitative estimate of drug-likeness (QED) is 0.310. The Morgan fingerprint density at radius 2 is 1.71 bits per heavy atom. The summed E-state index contributed by atoms with van der Waals surface area (Å²) in [6, 6.07) is 18.7. The summed E-state index contributed by atoms with van der Waals surface area (Å²) in [6.07, 6.45) is -5.07. The molecule has 3 aliphatic rings. The minimum absolute atomic E-state index is 0.0388. The zero-order chi connectivity index (χ0) is 28.9. The van der Waals surface area contributed by atoms with Crippen LogP contribution in [0, 0.1) is 0 Å². The molecule has 216 valence electrons. The maximum Gasteiger partial charge on any atom is 0.399 e. The van der Waals surface area contributed by atoms with Crippen LogP contribution in [-0.4, -0.2) is 60.3 Å². The molecule has 7 rings (SSSR count). The lowest BCUT2D eigenvalue weighted by atomic mass is 9.96. The van der Waals surface area contributed by atoms with Crippen LogP contribution in [0.2, 0.25) is 0 Å². The summed E-state index contributed by atoms with van der Waals surface area (Å²) >= 11 is 1.12. The van der Waals surface area contributed by atoms with Crippen molar-refractivity contribution in [3.63, 3.8) is 0 Å². The topological polar surface area (TPSA) is 92.9 Å². The minimum Gasteiger partial charge on any atom is -0.403 e. The minimum atomic E-state index is -4.34. The number of halogens is 3. The summed E-state index contributed by atoms with van der Waals surface area (Å²) in [5.41, 5.74) is 1.86. The number of carbonyl (C=O) groups is 1. The van der Waals surface area contributed by atoms with Crippen LogP contribution in [0.3, 0.4) is 0 Å². The Bertz CT molecular complexity index is 1660. The Morgan fingerprint density at radius 3 is 2.45 bits per heavy atom. The van der Waals surface area contributed by atoms with Gasteiger partial charge in [-0.2, -0.15) is 13.2 Å². The van der Waals surface area contributed by atoms with E-state index in [4.69, 9.17) is 14.1 Å². The van der Waals surface area contributed by atoms with E-state index in [1.807, 2.05) is 59.5 Å². The number of thiophene rings is 1. The molecule has 0 radical (unpaired) electrons. The first-order chi connectivity index (χ1) is 20.3. The Hall–Kier alpha value is -4.03. The smallest absolute Gasteiger partial charge is 0.399 e. The van der Waals surface area contributed by atoms with E-state index in [2.05, 4.69) is 15.5 Å². The van der Waals surface area contributed by atoms with E-state index in [0.717, 1.165) is 28.0 Å². The van der Waals surface area contributed by atoms with Crippen molar-refractivity contribution in [1.82, 2.24) is 10.2 Å². The summed E-state index contributed by atoms with van der Waals surface area (Å²) in [5.74, 6) is -0.100. The fraction of sp³-hybridized carbons (Fsp3) is 0.333. The molecule has 0 unspecified atom stereocenters. The van der Waals surface area contributed by atoms with E-state index in [1.165, 1.54) is 6.07 Å². The van der Waals surface area contributed by atoms with Crippen molar-refractivity contribution in [2.45, 2.75) is 37.0 Å². The first-order valence-electron chi connectivity index (χ1n) is 13.7. The molecule has 2 aromatic heterocycles. The molecule has 4 aromatic rings. The van der Waals surface area contributed by atoms with Crippen LogP contribution in [0.5, 0.6) is 0 Å². The number of benzene rings is 2. The van der Waals surface area contributed by atoms with Crippen molar-refractivity contribution in [1.29, 1.82) is 0 Å². The number of aromatic nitrogens is 2. The molecule has 4 heterocycles. The number of hydrogen-bond acceptors (Lipinski definition) is 9. The third-order valence-corrected chi connectivity index (χ3v) is 9.34. The highest BCUT2D eigenvalue weighted by atomic mass is 32.1. The molecule has 2 aliphatic heterocycles. The van der Waals surface area contributed by atoms with Gasteiger partial charge in [0.15, 0.2) is 11.9 Å². The van der Waals surface area contributed by atoms with E-state index in [-0.39, 0.29) is 41.8 Å². The van der Waals surface area contributed by atoms with Crippen molar-refractivity contribution in [2.24, 2.45) is 4.99 Å². The first kappa shape index (κ1) is 26.8. The van der Waals surface area contributed by atoms with Gasteiger partial charge < -0.3 is 19.4 Å². The molecule has 1 atom stereocenters. The number of nitrogens with one attached hydrogen (secondary N) is 1. The highest BCUT2D eigenvalue weighted by Gasteiger charge is 2.65. The number of hydrogen-bond donors (Lipinski definition) is 1. The predicted molar refractivity (Wildman–Crippen MR) is 152 cm³/mol. The van der Waals surface area contributed by atoms with Crippen LogP contribution in [0.4, 0.5) is 24.2 Å². The molecule has 1 aliphatic carbocycles. The molecule has 0 amide bonds. The fourth-order valence-electron chi connectivity index (χ4n) is 5.47. The van der Waals surface area contributed by atoms with Gasteiger partial charge in [-0.25, -0.2) is 0 Å². The number of rotatable bonds is 6. The summed E-state index contributed by atoms with van der Waals surface area (Å²) in [4.78, 5) is 20.4. The van der Waals surface area contributed by atoms with Crippen molar-refractivity contribution in [3.05, 3.63) is 82.2 Å². The van der Waals surface area contributed by atoms with Gasteiger partial charge in [0.2, 0.25) is 0 Å². The summed E-state index contributed by atoms with van der Waals surface area (Å²) in [7, 11) is 0. The van der Waals surface area contributed by atoms with Crippen molar-refractivity contribution in [3.8, 4) is 11.5 Å². The zero-order valence-corrected chi connectivity index (χ0v) is 23.2. The average Bonchev–Trinajstić information content (AvgIpc) is 3.55. The molecule has 0 spiro atoms. The Labute approximate surface area is 243 Å². The molecule has 42 heavy (non-hydrogen) atoms. The lowest BCUT2D eigenvalue weighted by Gasteiger charge is -2.28. The molecule has 1 saturated heterocycles. The number of anilines is 2. The largest absolute Gasteiger partial charge is 0.403 e. The van der Waals surface area contributed by atoms with E-state index >= 15 is 0 Å². The van der Waals surface area contributed by atoms with Gasteiger partial charge >= 0.3 is 12.2 Å². The maximum atomic E-state index is 14.0. The Balaban J connectivity index is 1.23. The van der Waals surface area contributed by atoms with Crippen LogP contribution in [0.15, 0.2) is 70.1 Å². The van der Waals surface area contributed by atoms with Crippen LogP contribution >= 0.6 is 11.3 Å². The van der Waals surface area contributed by atoms with Crippen LogP contribution in [0.1, 0.15) is 34.4 Å². The van der Waals surface area contributed by atoms with Gasteiger partial charge in [0.1, 0.15) is 10.4 Å². The Morgan fingerprint density at radius 1 is 0.976 bits per heavy atom. The summed E-state index contributed by atoms with van der Waals surface area (Å²) in [5, 5.41) is 11.9. The van der Waals surface area contributed by atoms with Crippen molar-refractivity contribution >= 4 is 33.8 Å². The molecule has 1 saturated carbocycles. The van der Waals surface area contributed by atoms with Crippen LogP contribution < -0.4 is 10.2 Å². The SMILES string of the molecule is O=C1Cc2ccccc2C(c2ccccc2)=N[C@@H]1Nc1nnc(-c2cc(C3(C(F)(F)F)CC3)sc2N2CCOCC2)o1. The summed E-state index contributed by atoms with van der Waals surface area (Å²) in [6.45, 7) is 2.03. The maximum absolute atomic E-state index is 14.0. The van der Waals surface area contributed by atoms with Gasteiger partial charge in [-0.05, 0) is 24.5 Å². The number of Topliss-reactive ketones (excluding diaryl/α,β-unsaturated/α-hetero) is 1. The lowest BCUT2D eigenvalue weighted by molar-refractivity contribution is -0.159. The van der Waals surface area contributed by atoms with Gasteiger partial charge in [0.25, 0.3) is 5.89 Å². The second kappa shape index (κ2) is 10.4. The third-order valence-electron chi connectivity index (χ3n) is 7.94. The van der Waals surface area contributed by atoms with E-state index < -0.39 is 17.8 Å². The number of aliphatic imine (C=N–C) groups is 1. The molecule has 2 fully saturated rings. The number of carbonyl (C=O) groups excluding carboxylic acids is 1. The number of ketones is 1. The Kier molecular flexibility index (Phi) is 6.62. The highest BCUT2D eigenvalue weighted by Crippen LogP contribution is 2.62. The molecule has 2 aromatic carbocycles. The van der Waals surface area contributed by atoms with Gasteiger partial charge in [-0.3, -0.25) is 9.79 Å². The van der Waals surface area contributed by atoms with Crippen LogP contribution in [-0.2, 0) is 21.4 Å². The van der Waals surface area contributed by atoms with Gasteiger partial charge in [-0.15, -0.1) is 16.4 Å². The monoisotopic (exact) mass is 593 g/mol. The molecular formula is C30H26F3N5O3S. The first-order valence-corrected chi connectivity index (χ1v) is 14.5. The predicted octanol–water partition coefficient (Wildman–Crippen LogP) is 5.63. The van der Waals surface area contributed by atoms with Gasteiger partial charge in [-0.1, -0.05) is 59.7 Å². The van der Waals surface area contributed by atoms with Crippen molar-refractivity contribution in [2.75, 3.05) is 36.5 Å². The standard InChI is InChI=1S/C30H26F3N5O3S/c31-30(32,33)29(10-11-29)23-17-21(27(42-23)38-12-14-40-15-13-38)26-36-37-28(41-26)35-25-22(39)16-19-8-4-5-9-20(19)24(34-25)18-6-2-1-3-7-18/h1-9,17,25H,10-16H2,(H,35,37)/t25-/m1/s1. The van der Waals surface area contributed by atoms with E-state index in [1.54, 1.807) is 0 Å². The van der Waals surface area contributed by atoms with Gasteiger partial charge in [0.05, 0.1) is 24.5 Å². The summed E-state index contributed by atoms with van der Waals surface area (Å²) < 4.78 is 53.5. The number of nitrogens with zero attached hydrogens (tertiary/aromatic N) is 4. The molecule has 1 N–H and O–H groups in total. The highest BCUT2D eigenvalue weighted by molar-refractivity contribution is 7.17. The number of ether oxygens (including phenoxy) is 1. The van der Waals surface area contributed by atoms with E-state index in [0.29, 0.717) is 42.6 Å². The lowest BCUT2D eigenvalue weighted by Crippen LogP contribution is -2.36. The van der Waals surface area contributed by atoms with Gasteiger partial charge in [0, 0.05) is 35.5 Å². The fourth-order valence-corrected chi connectivity index (χ4v) is 6.94. The molecule has 8 nitrogen and oxygen atoms in total. The third kappa shape index (κ3) is 4.78.